The van der Waals surface area contributed by atoms with Crippen molar-refractivity contribution >= 4 is 5.91 Å². The maximum Gasteiger partial charge on any atom is 0.220 e. The van der Waals surface area contributed by atoms with Gasteiger partial charge in [-0.05, 0) is 31.0 Å². The van der Waals surface area contributed by atoms with E-state index >= 15 is 0 Å². The van der Waals surface area contributed by atoms with Crippen LogP contribution in [0, 0.1) is 0 Å². The van der Waals surface area contributed by atoms with E-state index in [9.17, 15) is 4.79 Å². The lowest BCUT2D eigenvalue weighted by atomic mass is 10.1. The molecule has 1 N–H and O–H groups in total. The third kappa shape index (κ3) is 4.29. The second-order valence-corrected chi connectivity index (χ2v) is 4.56. The van der Waals surface area contributed by atoms with Crippen molar-refractivity contribution in [3.63, 3.8) is 0 Å². The lowest BCUT2D eigenvalue weighted by molar-refractivity contribution is -0.122. The Labute approximate surface area is 113 Å². The van der Waals surface area contributed by atoms with E-state index in [1.807, 2.05) is 19.1 Å². The molecular weight excluding hydrogens is 244 g/mol. The van der Waals surface area contributed by atoms with Crippen LogP contribution in [-0.2, 0) is 20.7 Å². The van der Waals surface area contributed by atoms with Gasteiger partial charge in [-0.1, -0.05) is 0 Å². The van der Waals surface area contributed by atoms with Crippen LogP contribution in [-0.4, -0.2) is 42.9 Å². The smallest absolute Gasteiger partial charge is 0.220 e. The highest BCUT2D eigenvalue weighted by molar-refractivity contribution is 5.76. The van der Waals surface area contributed by atoms with E-state index in [4.69, 9.17) is 9.47 Å². The molecule has 0 aliphatic carbocycles. The van der Waals surface area contributed by atoms with Gasteiger partial charge >= 0.3 is 0 Å². The van der Waals surface area contributed by atoms with Crippen LogP contribution in [0.1, 0.15) is 18.9 Å². The number of pyridine rings is 1. The Balaban J connectivity index is 1.75. The number of rotatable bonds is 6. The van der Waals surface area contributed by atoms with Gasteiger partial charge in [0.05, 0.1) is 19.3 Å². The second kappa shape index (κ2) is 7.21. The first-order valence-electron chi connectivity index (χ1n) is 6.67. The van der Waals surface area contributed by atoms with Crippen LogP contribution in [0.15, 0.2) is 24.5 Å². The molecule has 1 saturated heterocycles. The van der Waals surface area contributed by atoms with E-state index in [0.717, 1.165) is 12.0 Å². The molecule has 1 aliphatic heterocycles. The second-order valence-electron chi connectivity index (χ2n) is 4.56. The first kappa shape index (κ1) is 14.0. The van der Waals surface area contributed by atoms with Gasteiger partial charge in [0.15, 0.2) is 0 Å². The third-order valence-corrected chi connectivity index (χ3v) is 3.15. The van der Waals surface area contributed by atoms with E-state index in [2.05, 4.69) is 10.3 Å². The van der Waals surface area contributed by atoms with E-state index in [1.165, 1.54) is 0 Å². The molecule has 1 aromatic heterocycles. The van der Waals surface area contributed by atoms with Crippen LogP contribution in [0.4, 0.5) is 0 Å². The third-order valence-electron chi connectivity index (χ3n) is 3.15. The fourth-order valence-electron chi connectivity index (χ4n) is 2.13. The van der Waals surface area contributed by atoms with Crippen LogP contribution in [0.5, 0.6) is 0 Å². The fourth-order valence-corrected chi connectivity index (χ4v) is 2.13. The van der Waals surface area contributed by atoms with Gasteiger partial charge in [0.2, 0.25) is 5.91 Å². The maximum absolute atomic E-state index is 11.9. The van der Waals surface area contributed by atoms with Gasteiger partial charge in [0.1, 0.15) is 6.10 Å². The molecule has 0 unspecified atom stereocenters. The van der Waals surface area contributed by atoms with Crippen molar-refractivity contribution in [1.82, 2.24) is 10.3 Å². The molecule has 1 fully saturated rings. The zero-order chi connectivity index (χ0) is 13.5. The molecule has 0 saturated carbocycles. The van der Waals surface area contributed by atoms with Crippen LogP contribution < -0.4 is 5.32 Å². The average Bonchev–Trinajstić information content (AvgIpc) is 2.85. The monoisotopic (exact) mass is 264 g/mol. The molecule has 0 aromatic carbocycles. The van der Waals surface area contributed by atoms with Crippen molar-refractivity contribution in [3.05, 3.63) is 30.1 Å². The standard InChI is InChI=1S/C14H20N2O3/c1-2-19-13-10-18-9-12(13)16-14(17)4-3-11-5-7-15-8-6-11/h5-8,12-13H,2-4,9-10H2,1H3,(H,16,17)/t12-,13-/m0/s1. The van der Waals surface area contributed by atoms with Crippen LogP contribution in [0.25, 0.3) is 0 Å². The molecule has 104 valence electrons. The average molecular weight is 264 g/mol. The Hall–Kier alpha value is -1.46. The number of ether oxygens (including phenoxy) is 2. The Bertz CT molecular complexity index is 397. The van der Waals surface area contributed by atoms with Gasteiger partial charge in [0.25, 0.3) is 0 Å². The van der Waals surface area contributed by atoms with Gasteiger partial charge in [-0.2, -0.15) is 0 Å². The zero-order valence-electron chi connectivity index (χ0n) is 11.2. The first-order valence-corrected chi connectivity index (χ1v) is 6.67. The summed E-state index contributed by atoms with van der Waals surface area (Å²) in [6, 6.07) is 3.83. The van der Waals surface area contributed by atoms with Gasteiger partial charge in [-0.25, -0.2) is 0 Å². The number of nitrogens with one attached hydrogen (secondary N) is 1. The number of aryl methyl sites for hydroxylation is 1. The van der Waals surface area contributed by atoms with Gasteiger partial charge < -0.3 is 14.8 Å². The minimum Gasteiger partial charge on any atom is -0.376 e. The minimum absolute atomic E-state index is 0.0186. The quantitative estimate of drug-likeness (QED) is 0.830. The normalized spacial score (nSPS) is 22.4. The Morgan fingerprint density at radius 1 is 1.47 bits per heavy atom. The molecule has 2 atom stereocenters. The Morgan fingerprint density at radius 3 is 3.00 bits per heavy atom. The van der Waals surface area contributed by atoms with Crippen LogP contribution >= 0.6 is 0 Å². The molecule has 0 bridgehead atoms. The Kier molecular flexibility index (Phi) is 5.30. The van der Waals surface area contributed by atoms with E-state index in [-0.39, 0.29) is 18.1 Å². The van der Waals surface area contributed by atoms with E-state index < -0.39 is 0 Å². The molecule has 2 rings (SSSR count). The van der Waals surface area contributed by atoms with Crippen molar-refractivity contribution in [3.8, 4) is 0 Å². The number of amides is 1. The van der Waals surface area contributed by atoms with Crippen molar-refractivity contribution < 1.29 is 14.3 Å². The number of hydrogen-bond donors (Lipinski definition) is 1. The highest BCUT2D eigenvalue weighted by Crippen LogP contribution is 2.10. The molecule has 2 heterocycles. The maximum atomic E-state index is 11.9. The van der Waals surface area contributed by atoms with E-state index in [1.54, 1.807) is 12.4 Å². The predicted octanol–water partition coefficient (Wildman–Crippen LogP) is 0.934. The first-order chi connectivity index (χ1) is 9.29. The van der Waals surface area contributed by atoms with E-state index in [0.29, 0.717) is 26.2 Å². The zero-order valence-corrected chi connectivity index (χ0v) is 11.2. The number of aromatic nitrogens is 1. The lowest BCUT2D eigenvalue weighted by Gasteiger charge is -2.18. The molecule has 1 aliphatic rings. The summed E-state index contributed by atoms with van der Waals surface area (Å²) < 4.78 is 10.9. The molecule has 0 spiro atoms. The van der Waals surface area contributed by atoms with Crippen molar-refractivity contribution in [2.45, 2.75) is 31.9 Å². The summed E-state index contributed by atoms with van der Waals surface area (Å²) in [5, 5.41) is 2.98. The van der Waals surface area contributed by atoms with Gasteiger partial charge in [0, 0.05) is 25.4 Å². The molecule has 1 amide bonds. The number of hydrogen-bond acceptors (Lipinski definition) is 4. The molecule has 0 radical (unpaired) electrons. The summed E-state index contributed by atoms with van der Waals surface area (Å²) in [6.07, 6.45) is 4.65. The molecule has 1 aromatic rings. The predicted molar refractivity (Wildman–Crippen MR) is 70.7 cm³/mol. The molecule has 5 heteroatoms. The Morgan fingerprint density at radius 2 is 2.26 bits per heavy atom. The SMILES string of the molecule is CCO[C@H]1COC[C@@H]1NC(=O)CCc1ccncc1. The summed E-state index contributed by atoms with van der Waals surface area (Å²) in [6.45, 7) is 3.67. The molecule has 19 heavy (non-hydrogen) atoms. The van der Waals surface area contributed by atoms with Crippen molar-refractivity contribution in [2.75, 3.05) is 19.8 Å². The lowest BCUT2D eigenvalue weighted by Crippen LogP contribution is -2.43. The summed E-state index contributed by atoms with van der Waals surface area (Å²) in [5.41, 5.74) is 1.12. The van der Waals surface area contributed by atoms with Gasteiger partial charge in [-0.15, -0.1) is 0 Å². The highest BCUT2D eigenvalue weighted by atomic mass is 16.5. The van der Waals surface area contributed by atoms with Crippen molar-refractivity contribution in [2.24, 2.45) is 0 Å². The summed E-state index contributed by atoms with van der Waals surface area (Å²) in [5.74, 6) is 0.0389. The summed E-state index contributed by atoms with van der Waals surface area (Å²) in [7, 11) is 0. The number of nitrogens with zero attached hydrogens (tertiary/aromatic N) is 1. The minimum atomic E-state index is -0.0232. The number of carbonyl (C=O) groups is 1. The van der Waals surface area contributed by atoms with Crippen LogP contribution in [0.3, 0.4) is 0 Å². The van der Waals surface area contributed by atoms with Crippen LogP contribution in [0.2, 0.25) is 0 Å². The summed E-state index contributed by atoms with van der Waals surface area (Å²) >= 11 is 0. The topological polar surface area (TPSA) is 60.5 Å². The summed E-state index contributed by atoms with van der Waals surface area (Å²) in [4.78, 5) is 15.8. The highest BCUT2D eigenvalue weighted by Gasteiger charge is 2.29. The largest absolute Gasteiger partial charge is 0.376 e. The molecule has 5 nitrogen and oxygen atoms in total. The molecular formula is C14H20N2O3. The number of carbonyl (C=O) groups excluding carboxylic acids is 1. The van der Waals surface area contributed by atoms with Gasteiger partial charge in [-0.3, -0.25) is 9.78 Å². The van der Waals surface area contributed by atoms with Crippen molar-refractivity contribution in [1.29, 1.82) is 0 Å². The fraction of sp³-hybridized carbons (Fsp3) is 0.571.